The van der Waals surface area contributed by atoms with Crippen molar-refractivity contribution >= 4 is 11.4 Å². The Morgan fingerprint density at radius 3 is 2.69 bits per heavy atom. The highest BCUT2D eigenvalue weighted by Gasteiger charge is 2.22. The van der Waals surface area contributed by atoms with Crippen LogP contribution in [0.25, 0.3) is 0 Å². The largest absolute Gasteiger partial charge is 0.395 e. The lowest BCUT2D eigenvalue weighted by Crippen LogP contribution is -2.17. The SMILES string of the molecule is CC1CCC(Nc2cc(F)cc(F)c2N)C1. The van der Waals surface area contributed by atoms with Crippen LogP contribution in [0.15, 0.2) is 12.1 Å². The third kappa shape index (κ3) is 2.26. The summed E-state index contributed by atoms with van der Waals surface area (Å²) in [6.45, 7) is 2.18. The van der Waals surface area contributed by atoms with Crippen molar-refractivity contribution in [3.63, 3.8) is 0 Å². The van der Waals surface area contributed by atoms with Gasteiger partial charge in [-0.3, -0.25) is 0 Å². The van der Waals surface area contributed by atoms with Crippen LogP contribution in [0.4, 0.5) is 20.2 Å². The number of nitrogens with one attached hydrogen (secondary N) is 1. The van der Waals surface area contributed by atoms with Crippen molar-refractivity contribution in [2.24, 2.45) is 5.92 Å². The Morgan fingerprint density at radius 1 is 1.31 bits per heavy atom. The lowest BCUT2D eigenvalue weighted by molar-refractivity contribution is 0.585. The predicted molar refractivity (Wildman–Crippen MR) is 61.2 cm³/mol. The molecule has 1 fully saturated rings. The Morgan fingerprint density at radius 2 is 2.06 bits per heavy atom. The molecule has 1 saturated carbocycles. The van der Waals surface area contributed by atoms with E-state index in [1.807, 2.05) is 0 Å². The van der Waals surface area contributed by atoms with Crippen LogP contribution < -0.4 is 11.1 Å². The molecular formula is C12H16F2N2. The first-order chi connectivity index (χ1) is 7.56. The van der Waals surface area contributed by atoms with Crippen molar-refractivity contribution in [3.8, 4) is 0 Å². The van der Waals surface area contributed by atoms with E-state index in [4.69, 9.17) is 5.73 Å². The van der Waals surface area contributed by atoms with Gasteiger partial charge in [0.15, 0.2) is 5.82 Å². The number of hydrogen-bond acceptors (Lipinski definition) is 2. The van der Waals surface area contributed by atoms with Gasteiger partial charge in [-0.2, -0.15) is 0 Å². The summed E-state index contributed by atoms with van der Waals surface area (Å²) in [5, 5.41) is 3.12. The lowest BCUT2D eigenvalue weighted by Gasteiger charge is -2.16. The van der Waals surface area contributed by atoms with Gasteiger partial charge in [0.25, 0.3) is 0 Å². The molecule has 0 aromatic heterocycles. The molecule has 0 amide bonds. The minimum Gasteiger partial charge on any atom is -0.395 e. The highest BCUT2D eigenvalue weighted by Crippen LogP contribution is 2.30. The summed E-state index contributed by atoms with van der Waals surface area (Å²) in [5.74, 6) is -0.633. The zero-order valence-corrected chi connectivity index (χ0v) is 9.26. The summed E-state index contributed by atoms with van der Waals surface area (Å²) >= 11 is 0. The molecule has 16 heavy (non-hydrogen) atoms. The fourth-order valence-corrected chi connectivity index (χ4v) is 2.26. The molecule has 1 aromatic rings. The maximum absolute atomic E-state index is 13.2. The fraction of sp³-hybridized carbons (Fsp3) is 0.500. The fourth-order valence-electron chi connectivity index (χ4n) is 2.26. The minimum absolute atomic E-state index is 0.000882. The van der Waals surface area contributed by atoms with Crippen molar-refractivity contribution in [1.82, 2.24) is 0 Å². The summed E-state index contributed by atoms with van der Waals surface area (Å²) in [5.41, 5.74) is 5.93. The average molecular weight is 226 g/mol. The quantitative estimate of drug-likeness (QED) is 0.760. The Kier molecular flexibility index (Phi) is 2.99. The van der Waals surface area contributed by atoms with Crippen molar-refractivity contribution in [1.29, 1.82) is 0 Å². The molecule has 0 spiro atoms. The molecule has 1 aromatic carbocycles. The lowest BCUT2D eigenvalue weighted by atomic mass is 10.1. The molecule has 0 aliphatic heterocycles. The van der Waals surface area contributed by atoms with Gasteiger partial charge >= 0.3 is 0 Å². The van der Waals surface area contributed by atoms with Crippen molar-refractivity contribution in [2.45, 2.75) is 32.2 Å². The van der Waals surface area contributed by atoms with E-state index in [0.29, 0.717) is 11.6 Å². The van der Waals surface area contributed by atoms with Crippen LogP contribution in [-0.2, 0) is 0 Å². The van der Waals surface area contributed by atoms with Crippen LogP contribution in [-0.4, -0.2) is 6.04 Å². The van der Waals surface area contributed by atoms with Gasteiger partial charge in [-0.25, -0.2) is 8.78 Å². The number of nitrogens with two attached hydrogens (primary N) is 1. The molecule has 2 rings (SSSR count). The maximum Gasteiger partial charge on any atom is 0.151 e. The van der Waals surface area contributed by atoms with Crippen molar-refractivity contribution in [3.05, 3.63) is 23.8 Å². The van der Waals surface area contributed by atoms with Crippen LogP contribution in [0.1, 0.15) is 26.2 Å². The van der Waals surface area contributed by atoms with Crippen molar-refractivity contribution in [2.75, 3.05) is 11.1 Å². The molecule has 1 aliphatic carbocycles. The number of anilines is 2. The molecule has 2 atom stereocenters. The molecule has 88 valence electrons. The summed E-state index contributed by atoms with van der Waals surface area (Å²) in [6.07, 6.45) is 3.20. The predicted octanol–water partition coefficient (Wildman–Crippen LogP) is 3.15. The zero-order valence-electron chi connectivity index (χ0n) is 9.26. The first kappa shape index (κ1) is 11.2. The van der Waals surface area contributed by atoms with Crippen LogP contribution in [0.5, 0.6) is 0 Å². The van der Waals surface area contributed by atoms with E-state index in [1.165, 1.54) is 6.07 Å². The molecule has 0 radical (unpaired) electrons. The molecule has 2 unspecified atom stereocenters. The second-order valence-electron chi connectivity index (χ2n) is 4.61. The average Bonchev–Trinajstić information content (AvgIpc) is 2.60. The van der Waals surface area contributed by atoms with Crippen molar-refractivity contribution < 1.29 is 8.78 Å². The van der Waals surface area contributed by atoms with Gasteiger partial charge in [-0.05, 0) is 31.2 Å². The summed E-state index contributed by atoms with van der Waals surface area (Å²) in [7, 11) is 0. The molecule has 0 saturated heterocycles. The third-order valence-corrected chi connectivity index (χ3v) is 3.15. The molecule has 3 N–H and O–H groups in total. The number of hydrogen-bond donors (Lipinski definition) is 2. The monoisotopic (exact) mass is 226 g/mol. The summed E-state index contributed by atoms with van der Waals surface area (Å²) in [4.78, 5) is 0. The van der Waals surface area contributed by atoms with E-state index in [9.17, 15) is 8.78 Å². The Labute approximate surface area is 93.8 Å². The van der Waals surface area contributed by atoms with E-state index >= 15 is 0 Å². The Hall–Kier alpha value is -1.32. The second-order valence-corrected chi connectivity index (χ2v) is 4.61. The smallest absolute Gasteiger partial charge is 0.151 e. The van der Waals surface area contributed by atoms with Crippen LogP contribution in [0, 0.1) is 17.6 Å². The topological polar surface area (TPSA) is 38.0 Å². The van der Waals surface area contributed by atoms with E-state index < -0.39 is 11.6 Å². The van der Waals surface area contributed by atoms with Crippen LogP contribution in [0.3, 0.4) is 0 Å². The van der Waals surface area contributed by atoms with E-state index in [2.05, 4.69) is 12.2 Å². The van der Waals surface area contributed by atoms with Gasteiger partial charge in [0.1, 0.15) is 5.82 Å². The molecule has 0 bridgehead atoms. The maximum atomic E-state index is 13.2. The van der Waals surface area contributed by atoms with Gasteiger partial charge in [-0.1, -0.05) is 6.92 Å². The van der Waals surface area contributed by atoms with Gasteiger partial charge in [0.05, 0.1) is 11.4 Å². The second kappa shape index (κ2) is 4.28. The third-order valence-electron chi connectivity index (χ3n) is 3.15. The highest BCUT2D eigenvalue weighted by molar-refractivity contribution is 5.67. The number of benzene rings is 1. The number of halogens is 2. The molecule has 1 aliphatic rings. The van der Waals surface area contributed by atoms with Gasteiger partial charge in [0.2, 0.25) is 0 Å². The molecule has 4 heteroatoms. The number of nitrogen functional groups attached to an aromatic ring is 1. The summed E-state index contributed by atoms with van der Waals surface area (Å²) < 4.78 is 26.2. The summed E-state index contributed by atoms with van der Waals surface area (Å²) in [6, 6.07) is 2.33. The zero-order chi connectivity index (χ0) is 11.7. The van der Waals surface area contributed by atoms with Gasteiger partial charge in [0, 0.05) is 12.1 Å². The molecular weight excluding hydrogens is 210 g/mol. The standard InChI is InChI=1S/C12H16F2N2/c1-7-2-3-9(4-7)16-11-6-8(13)5-10(14)12(11)15/h5-7,9,16H,2-4,15H2,1H3. The van der Waals surface area contributed by atoms with Gasteiger partial charge < -0.3 is 11.1 Å². The normalized spacial score (nSPS) is 24.7. The molecule has 0 heterocycles. The Bertz CT molecular complexity index is 393. The minimum atomic E-state index is -0.700. The van der Waals surface area contributed by atoms with E-state index in [-0.39, 0.29) is 11.7 Å². The first-order valence-corrected chi connectivity index (χ1v) is 5.57. The van der Waals surface area contributed by atoms with E-state index in [0.717, 1.165) is 25.3 Å². The highest BCUT2D eigenvalue weighted by atomic mass is 19.1. The Balaban J connectivity index is 2.15. The van der Waals surface area contributed by atoms with Gasteiger partial charge in [-0.15, -0.1) is 0 Å². The number of rotatable bonds is 2. The first-order valence-electron chi connectivity index (χ1n) is 5.57. The van der Waals surface area contributed by atoms with Crippen LogP contribution >= 0.6 is 0 Å². The van der Waals surface area contributed by atoms with E-state index in [1.54, 1.807) is 0 Å². The molecule has 2 nitrogen and oxygen atoms in total. The van der Waals surface area contributed by atoms with Crippen LogP contribution in [0.2, 0.25) is 0 Å².